The van der Waals surface area contributed by atoms with Crippen LogP contribution < -0.4 is 0 Å². The first-order valence-corrected chi connectivity index (χ1v) is 5.22. The molecular weight excluding hydrogens is 220 g/mol. The van der Waals surface area contributed by atoms with Gasteiger partial charge in [-0.1, -0.05) is 6.07 Å². The average Bonchev–Trinajstić information content (AvgIpc) is 2.23. The molecule has 4 nitrogen and oxygen atoms in total. The molecule has 4 heteroatoms. The highest BCUT2D eigenvalue weighted by molar-refractivity contribution is 5.68. The SMILES string of the molecule is CC(=O)OCC=O.Cc1cc(C)c(C)c(O)c1. The Morgan fingerprint density at radius 1 is 1.35 bits per heavy atom. The lowest BCUT2D eigenvalue weighted by Crippen LogP contribution is -2.00. The third-order valence-electron chi connectivity index (χ3n) is 2.14. The number of aldehydes is 1. The summed E-state index contributed by atoms with van der Waals surface area (Å²) in [7, 11) is 0. The molecule has 0 amide bonds. The van der Waals surface area contributed by atoms with Crippen molar-refractivity contribution in [2.24, 2.45) is 0 Å². The number of carbonyl (C=O) groups excluding carboxylic acids is 2. The number of rotatable bonds is 2. The molecule has 0 aliphatic rings. The molecule has 0 bridgehead atoms. The van der Waals surface area contributed by atoms with E-state index in [2.05, 4.69) is 10.8 Å². The summed E-state index contributed by atoms with van der Waals surface area (Å²) in [5, 5.41) is 9.28. The Kier molecular flexibility index (Phi) is 6.63. The number of phenols is 1. The van der Waals surface area contributed by atoms with Crippen LogP contribution in [0.5, 0.6) is 5.75 Å². The Balaban J connectivity index is 0.000000325. The fraction of sp³-hybridized carbons (Fsp3) is 0.385. The molecule has 1 aromatic carbocycles. The Labute approximate surface area is 101 Å². The van der Waals surface area contributed by atoms with Gasteiger partial charge in [0.05, 0.1) is 0 Å². The number of hydrogen-bond acceptors (Lipinski definition) is 4. The summed E-state index contributed by atoms with van der Waals surface area (Å²) < 4.78 is 4.18. The van der Waals surface area contributed by atoms with Crippen molar-refractivity contribution in [3.05, 3.63) is 28.8 Å². The fourth-order valence-electron chi connectivity index (χ4n) is 1.17. The molecule has 1 rings (SSSR count). The van der Waals surface area contributed by atoms with Crippen molar-refractivity contribution in [1.29, 1.82) is 0 Å². The highest BCUT2D eigenvalue weighted by atomic mass is 16.5. The lowest BCUT2D eigenvalue weighted by molar-refractivity contribution is -0.143. The molecule has 0 atom stereocenters. The summed E-state index contributed by atoms with van der Waals surface area (Å²) >= 11 is 0. The largest absolute Gasteiger partial charge is 0.508 e. The van der Waals surface area contributed by atoms with Crippen LogP contribution in [0.3, 0.4) is 0 Å². The number of carbonyl (C=O) groups is 2. The fourth-order valence-corrected chi connectivity index (χ4v) is 1.17. The Hall–Kier alpha value is -1.84. The molecule has 0 radical (unpaired) electrons. The molecule has 1 aromatic rings. The van der Waals surface area contributed by atoms with Crippen LogP contribution >= 0.6 is 0 Å². The minimum atomic E-state index is -0.424. The number of aromatic hydroxyl groups is 1. The van der Waals surface area contributed by atoms with Gasteiger partial charge in [0.15, 0.2) is 6.29 Å². The maximum absolute atomic E-state index is 9.82. The highest BCUT2D eigenvalue weighted by Gasteiger charge is 1.98. The second-order valence-electron chi connectivity index (χ2n) is 3.70. The normalized spacial score (nSPS) is 8.94. The number of ether oxygens (including phenoxy) is 1. The van der Waals surface area contributed by atoms with E-state index in [0.29, 0.717) is 12.0 Å². The van der Waals surface area contributed by atoms with E-state index in [1.54, 1.807) is 6.07 Å². The van der Waals surface area contributed by atoms with E-state index in [0.717, 1.165) is 16.7 Å². The molecule has 0 saturated carbocycles. The van der Waals surface area contributed by atoms with Gasteiger partial charge in [-0.25, -0.2) is 0 Å². The molecule has 17 heavy (non-hydrogen) atoms. The maximum Gasteiger partial charge on any atom is 0.303 e. The molecule has 0 saturated heterocycles. The van der Waals surface area contributed by atoms with Crippen molar-refractivity contribution in [2.45, 2.75) is 27.7 Å². The first-order chi connectivity index (χ1) is 7.88. The molecule has 0 aliphatic carbocycles. The van der Waals surface area contributed by atoms with E-state index in [4.69, 9.17) is 0 Å². The van der Waals surface area contributed by atoms with Gasteiger partial charge < -0.3 is 9.84 Å². The van der Waals surface area contributed by atoms with Crippen LogP contribution in [-0.2, 0) is 14.3 Å². The van der Waals surface area contributed by atoms with Crippen molar-refractivity contribution in [1.82, 2.24) is 0 Å². The predicted molar refractivity (Wildman–Crippen MR) is 65.0 cm³/mol. The van der Waals surface area contributed by atoms with E-state index < -0.39 is 5.97 Å². The number of hydrogen-bond donors (Lipinski definition) is 1. The monoisotopic (exact) mass is 238 g/mol. The van der Waals surface area contributed by atoms with Crippen molar-refractivity contribution < 1.29 is 19.4 Å². The van der Waals surface area contributed by atoms with Gasteiger partial charge in [0.2, 0.25) is 0 Å². The summed E-state index contributed by atoms with van der Waals surface area (Å²) in [4.78, 5) is 19.3. The summed E-state index contributed by atoms with van der Waals surface area (Å²) in [6.45, 7) is 7.02. The van der Waals surface area contributed by atoms with Crippen LogP contribution in [0.25, 0.3) is 0 Å². The van der Waals surface area contributed by atoms with Crippen LogP contribution in [0.15, 0.2) is 12.1 Å². The molecule has 0 fully saturated rings. The van der Waals surface area contributed by atoms with Crippen molar-refractivity contribution >= 4 is 12.3 Å². The summed E-state index contributed by atoms with van der Waals surface area (Å²) in [5.74, 6) is -0.0235. The third kappa shape index (κ3) is 6.35. The molecule has 94 valence electrons. The number of phenolic OH excluding ortho intramolecular Hbond substituents is 1. The summed E-state index contributed by atoms with van der Waals surface area (Å²) in [6.07, 6.45) is 0.529. The van der Waals surface area contributed by atoms with Gasteiger partial charge in [-0.2, -0.15) is 0 Å². The minimum absolute atomic E-state index is 0.130. The van der Waals surface area contributed by atoms with Crippen LogP contribution in [0.1, 0.15) is 23.6 Å². The molecule has 0 aliphatic heterocycles. The Morgan fingerprint density at radius 2 is 1.94 bits per heavy atom. The minimum Gasteiger partial charge on any atom is -0.508 e. The van der Waals surface area contributed by atoms with Gasteiger partial charge in [-0.05, 0) is 43.5 Å². The smallest absolute Gasteiger partial charge is 0.303 e. The Bertz CT molecular complexity index is 373. The van der Waals surface area contributed by atoms with Crippen LogP contribution in [0.4, 0.5) is 0 Å². The zero-order chi connectivity index (χ0) is 13.4. The Morgan fingerprint density at radius 3 is 2.29 bits per heavy atom. The first-order valence-electron chi connectivity index (χ1n) is 5.22. The van der Waals surface area contributed by atoms with Crippen LogP contribution in [0.2, 0.25) is 0 Å². The average molecular weight is 238 g/mol. The maximum atomic E-state index is 9.82. The third-order valence-corrected chi connectivity index (χ3v) is 2.14. The molecule has 0 aromatic heterocycles. The predicted octanol–water partition coefficient (Wildman–Crippen LogP) is 2.07. The van der Waals surface area contributed by atoms with E-state index >= 15 is 0 Å². The molecular formula is C13H18O4. The summed E-state index contributed by atoms with van der Waals surface area (Å²) in [6, 6.07) is 3.84. The lowest BCUT2D eigenvalue weighted by Gasteiger charge is -2.03. The van der Waals surface area contributed by atoms with E-state index in [9.17, 15) is 14.7 Å². The number of aryl methyl sites for hydroxylation is 2. The van der Waals surface area contributed by atoms with Gasteiger partial charge in [0.25, 0.3) is 0 Å². The standard InChI is InChI=1S/C9H12O.C4H6O3/c1-6-4-7(2)8(3)9(10)5-6;1-4(6)7-3-2-5/h4-5,10H,1-3H3;2H,3H2,1H3. The van der Waals surface area contributed by atoms with Gasteiger partial charge in [-0.15, -0.1) is 0 Å². The van der Waals surface area contributed by atoms with Gasteiger partial charge in [0.1, 0.15) is 12.4 Å². The zero-order valence-electron chi connectivity index (χ0n) is 10.6. The van der Waals surface area contributed by atoms with E-state index in [1.165, 1.54) is 6.92 Å². The van der Waals surface area contributed by atoms with Gasteiger partial charge in [0, 0.05) is 6.92 Å². The number of benzene rings is 1. The highest BCUT2D eigenvalue weighted by Crippen LogP contribution is 2.20. The van der Waals surface area contributed by atoms with Gasteiger partial charge >= 0.3 is 5.97 Å². The second-order valence-corrected chi connectivity index (χ2v) is 3.70. The van der Waals surface area contributed by atoms with Crippen LogP contribution in [-0.4, -0.2) is 24.0 Å². The zero-order valence-corrected chi connectivity index (χ0v) is 10.6. The second kappa shape index (κ2) is 7.44. The van der Waals surface area contributed by atoms with E-state index in [1.807, 2.05) is 20.8 Å². The van der Waals surface area contributed by atoms with Gasteiger partial charge in [-0.3, -0.25) is 9.59 Å². The quantitative estimate of drug-likeness (QED) is 0.632. The topological polar surface area (TPSA) is 63.6 Å². The molecule has 0 spiro atoms. The van der Waals surface area contributed by atoms with Crippen molar-refractivity contribution in [3.8, 4) is 5.75 Å². The molecule has 1 N–H and O–H groups in total. The van der Waals surface area contributed by atoms with Crippen molar-refractivity contribution in [3.63, 3.8) is 0 Å². The molecule has 0 heterocycles. The van der Waals surface area contributed by atoms with Crippen LogP contribution in [0, 0.1) is 20.8 Å². The van der Waals surface area contributed by atoms with E-state index in [-0.39, 0.29) is 6.61 Å². The van der Waals surface area contributed by atoms with Crippen molar-refractivity contribution in [2.75, 3.05) is 6.61 Å². The summed E-state index contributed by atoms with van der Waals surface area (Å²) in [5.41, 5.74) is 3.24. The first kappa shape index (κ1) is 15.2. The lowest BCUT2D eigenvalue weighted by atomic mass is 10.1. The molecule has 0 unspecified atom stereocenters. The number of esters is 1.